The Morgan fingerprint density at radius 1 is 1.13 bits per heavy atom. The molecular formula is C16H24N4O2S. The molecule has 0 amide bonds. The van der Waals surface area contributed by atoms with Crippen LogP contribution in [0.15, 0.2) is 0 Å². The Hall–Kier alpha value is -1.21. The van der Waals surface area contributed by atoms with E-state index in [0.29, 0.717) is 13.0 Å². The first-order chi connectivity index (χ1) is 11.0. The summed E-state index contributed by atoms with van der Waals surface area (Å²) < 4.78 is 27.7. The minimum absolute atomic E-state index is 0.183. The summed E-state index contributed by atoms with van der Waals surface area (Å²) >= 11 is 0. The molecule has 6 nitrogen and oxygen atoms in total. The molecule has 1 saturated heterocycles. The first-order valence-corrected chi connectivity index (χ1v) is 10.2. The molecule has 2 fully saturated rings. The van der Waals surface area contributed by atoms with Crippen molar-refractivity contribution >= 4 is 15.8 Å². The number of aromatic nitrogens is 2. The highest BCUT2D eigenvalue weighted by atomic mass is 32.2. The summed E-state index contributed by atoms with van der Waals surface area (Å²) in [5.41, 5.74) is 2.41. The highest BCUT2D eigenvalue weighted by molar-refractivity contribution is 7.90. The number of hydrogen-bond acceptors (Lipinski definition) is 5. The molecule has 23 heavy (non-hydrogen) atoms. The lowest BCUT2D eigenvalue weighted by molar-refractivity contribution is 0.568. The van der Waals surface area contributed by atoms with E-state index in [1.165, 1.54) is 24.1 Å². The van der Waals surface area contributed by atoms with Crippen molar-refractivity contribution in [3.05, 3.63) is 17.1 Å². The maximum Gasteiger partial charge on any atom is 0.216 e. The van der Waals surface area contributed by atoms with E-state index in [-0.39, 0.29) is 11.3 Å². The zero-order chi connectivity index (χ0) is 16.0. The third-order valence-electron chi connectivity index (χ3n) is 5.06. The number of nitrogens with one attached hydrogen (secondary N) is 1. The van der Waals surface area contributed by atoms with Gasteiger partial charge in [0.15, 0.2) is 0 Å². The molecular weight excluding hydrogens is 312 g/mol. The Morgan fingerprint density at radius 3 is 2.70 bits per heavy atom. The van der Waals surface area contributed by atoms with E-state index in [1.54, 1.807) is 0 Å². The van der Waals surface area contributed by atoms with Gasteiger partial charge in [0.2, 0.25) is 10.0 Å². The van der Waals surface area contributed by atoms with Crippen molar-refractivity contribution in [2.45, 2.75) is 63.2 Å². The predicted octanol–water partition coefficient (Wildman–Crippen LogP) is 1.32. The molecule has 4 rings (SSSR count). The quantitative estimate of drug-likeness (QED) is 0.898. The van der Waals surface area contributed by atoms with Gasteiger partial charge in [-0.2, -0.15) is 0 Å². The summed E-state index contributed by atoms with van der Waals surface area (Å²) in [6, 6.07) is 0.183. The van der Waals surface area contributed by atoms with Gasteiger partial charge >= 0.3 is 0 Å². The van der Waals surface area contributed by atoms with Gasteiger partial charge in [0.05, 0.1) is 5.25 Å². The zero-order valence-electron chi connectivity index (χ0n) is 13.6. The highest BCUT2D eigenvalue weighted by Gasteiger charge is 2.38. The SMILES string of the molecule is Cc1nc2c(c(N3CCC(S(=O)(=O)NC4CC4)C3)n1)CCCC2. The van der Waals surface area contributed by atoms with Gasteiger partial charge in [-0.1, -0.05) is 0 Å². The van der Waals surface area contributed by atoms with Crippen LogP contribution in [0.1, 0.15) is 49.2 Å². The number of hydrogen-bond donors (Lipinski definition) is 1. The van der Waals surface area contributed by atoms with Crippen LogP contribution in [0.5, 0.6) is 0 Å². The van der Waals surface area contributed by atoms with Gasteiger partial charge in [-0.3, -0.25) is 0 Å². The van der Waals surface area contributed by atoms with Crippen molar-refractivity contribution in [2.24, 2.45) is 0 Å². The molecule has 1 aliphatic heterocycles. The van der Waals surface area contributed by atoms with Crippen molar-refractivity contribution in [3.63, 3.8) is 0 Å². The van der Waals surface area contributed by atoms with Crippen LogP contribution >= 0.6 is 0 Å². The Balaban J connectivity index is 1.57. The lowest BCUT2D eigenvalue weighted by atomic mass is 9.96. The molecule has 1 unspecified atom stereocenters. The van der Waals surface area contributed by atoms with E-state index in [2.05, 4.69) is 19.6 Å². The third-order valence-corrected chi connectivity index (χ3v) is 6.99. The van der Waals surface area contributed by atoms with Gasteiger partial charge in [0.1, 0.15) is 11.6 Å². The lowest BCUT2D eigenvalue weighted by Gasteiger charge is -2.25. The Labute approximate surface area is 137 Å². The first-order valence-electron chi connectivity index (χ1n) is 8.65. The summed E-state index contributed by atoms with van der Waals surface area (Å²) in [5, 5.41) is -0.322. The first kappa shape index (κ1) is 15.3. The van der Waals surface area contributed by atoms with Crippen molar-refractivity contribution in [1.29, 1.82) is 0 Å². The normalized spacial score (nSPS) is 24.7. The monoisotopic (exact) mass is 336 g/mol. The highest BCUT2D eigenvalue weighted by Crippen LogP contribution is 2.31. The standard InChI is InChI=1S/C16H24N4O2S/c1-11-17-15-5-3-2-4-14(15)16(18-11)20-9-8-13(10-20)23(21,22)19-12-6-7-12/h12-13,19H,2-10H2,1H3. The van der Waals surface area contributed by atoms with E-state index in [9.17, 15) is 8.42 Å². The molecule has 0 bridgehead atoms. The fourth-order valence-electron chi connectivity index (χ4n) is 3.66. The van der Waals surface area contributed by atoms with Gasteiger partial charge in [0, 0.05) is 30.4 Å². The minimum atomic E-state index is -3.20. The maximum atomic E-state index is 12.4. The van der Waals surface area contributed by atoms with E-state index < -0.39 is 10.0 Å². The Morgan fingerprint density at radius 2 is 1.91 bits per heavy atom. The van der Waals surface area contributed by atoms with Crippen LogP contribution in [0.2, 0.25) is 0 Å². The van der Waals surface area contributed by atoms with Crippen LogP contribution < -0.4 is 9.62 Å². The number of nitrogens with zero attached hydrogens (tertiary/aromatic N) is 3. The summed E-state index contributed by atoms with van der Waals surface area (Å²) in [5.74, 6) is 1.78. The molecule has 1 N–H and O–H groups in total. The molecule has 2 heterocycles. The van der Waals surface area contributed by atoms with E-state index in [4.69, 9.17) is 0 Å². The van der Waals surface area contributed by atoms with Crippen LogP contribution in [-0.2, 0) is 22.9 Å². The zero-order valence-corrected chi connectivity index (χ0v) is 14.4. The fraction of sp³-hybridized carbons (Fsp3) is 0.750. The van der Waals surface area contributed by atoms with Gasteiger partial charge in [-0.05, 0) is 51.9 Å². The van der Waals surface area contributed by atoms with Gasteiger partial charge in [-0.25, -0.2) is 23.1 Å². The predicted molar refractivity (Wildman–Crippen MR) is 89.1 cm³/mol. The second kappa shape index (κ2) is 5.70. The molecule has 1 aromatic rings. The number of sulfonamides is 1. The number of aryl methyl sites for hydroxylation is 2. The molecule has 2 aliphatic carbocycles. The van der Waals surface area contributed by atoms with Crippen LogP contribution in [0.25, 0.3) is 0 Å². The van der Waals surface area contributed by atoms with Crippen molar-refractivity contribution in [1.82, 2.24) is 14.7 Å². The molecule has 1 saturated carbocycles. The molecule has 7 heteroatoms. The second-order valence-electron chi connectivity index (χ2n) is 7.02. The second-order valence-corrected chi connectivity index (χ2v) is 9.01. The molecule has 0 radical (unpaired) electrons. The number of anilines is 1. The Bertz CT molecular complexity index is 715. The minimum Gasteiger partial charge on any atom is -0.355 e. The molecule has 126 valence electrons. The van der Waals surface area contributed by atoms with Crippen LogP contribution in [0.3, 0.4) is 0 Å². The average Bonchev–Trinajstić information content (AvgIpc) is 3.16. The van der Waals surface area contributed by atoms with Crippen molar-refractivity contribution in [2.75, 3.05) is 18.0 Å². The van der Waals surface area contributed by atoms with Gasteiger partial charge < -0.3 is 4.90 Å². The van der Waals surface area contributed by atoms with Crippen LogP contribution in [-0.4, -0.2) is 42.8 Å². The van der Waals surface area contributed by atoms with E-state index in [1.807, 2.05) is 6.92 Å². The smallest absolute Gasteiger partial charge is 0.216 e. The topological polar surface area (TPSA) is 75.2 Å². The summed E-state index contributed by atoms with van der Waals surface area (Å²) in [6.07, 6.45) is 7.03. The average molecular weight is 336 g/mol. The van der Waals surface area contributed by atoms with E-state index >= 15 is 0 Å². The molecule has 1 aromatic heterocycles. The third kappa shape index (κ3) is 3.08. The van der Waals surface area contributed by atoms with Crippen molar-refractivity contribution < 1.29 is 8.42 Å². The lowest BCUT2D eigenvalue weighted by Crippen LogP contribution is -2.37. The van der Waals surface area contributed by atoms with Gasteiger partial charge in [-0.15, -0.1) is 0 Å². The summed E-state index contributed by atoms with van der Waals surface area (Å²) in [6.45, 7) is 3.24. The van der Waals surface area contributed by atoms with Crippen LogP contribution in [0.4, 0.5) is 5.82 Å². The Kier molecular flexibility index (Phi) is 3.80. The molecule has 0 aromatic carbocycles. The number of fused-ring (bicyclic) bond motifs is 1. The largest absolute Gasteiger partial charge is 0.355 e. The van der Waals surface area contributed by atoms with E-state index in [0.717, 1.165) is 43.9 Å². The molecule has 3 aliphatic rings. The fourth-order valence-corrected chi connectivity index (χ4v) is 5.34. The van der Waals surface area contributed by atoms with Crippen LogP contribution in [0, 0.1) is 6.92 Å². The summed E-state index contributed by atoms with van der Waals surface area (Å²) in [7, 11) is -3.20. The van der Waals surface area contributed by atoms with Gasteiger partial charge in [0.25, 0.3) is 0 Å². The maximum absolute atomic E-state index is 12.4. The summed E-state index contributed by atoms with van der Waals surface area (Å²) in [4.78, 5) is 11.4. The van der Waals surface area contributed by atoms with Crippen molar-refractivity contribution in [3.8, 4) is 0 Å². The number of rotatable bonds is 4. The molecule has 1 atom stereocenters. The molecule has 0 spiro atoms.